The van der Waals surface area contributed by atoms with E-state index in [-0.39, 0.29) is 5.56 Å². The van der Waals surface area contributed by atoms with Crippen LogP contribution in [0.5, 0.6) is 0 Å². The lowest BCUT2D eigenvalue weighted by Crippen LogP contribution is -1.94. The van der Waals surface area contributed by atoms with Crippen LogP contribution >= 0.6 is 11.3 Å². The van der Waals surface area contributed by atoms with Crippen molar-refractivity contribution in [3.05, 3.63) is 35.3 Å². The molecule has 2 rings (SSSR count). The summed E-state index contributed by atoms with van der Waals surface area (Å²) in [6.45, 7) is 0. The Morgan fingerprint density at radius 3 is 2.50 bits per heavy atom. The summed E-state index contributed by atoms with van der Waals surface area (Å²) in [5, 5.41) is 17.1. The van der Waals surface area contributed by atoms with Crippen LogP contribution in [0.25, 0.3) is 10.6 Å². The third kappa shape index (κ3) is 1.62. The third-order valence-corrected chi connectivity index (χ3v) is 2.48. The number of carbonyl (C=O) groups is 1. The second-order valence-electron chi connectivity index (χ2n) is 2.63. The Hall–Kier alpha value is -1.75. The number of hydrogen-bond acceptors (Lipinski definition) is 4. The summed E-state index contributed by atoms with van der Waals surface area (Å²) in [4.78, 5) is 10.6. The number of carboxylic acid groups (broad SMARTS) is 1. The molecule has 0 unspecified atom stereocenters. The van der Waals surface area contributed by atoms with E-state index in [0.29, 0.717) is 0 Å². The van der Waals surface area contributed by atoms with Gasteiger partial charge in [0.1, 0.15) is 10.5 Å². The van der Waals surface area contributed by atoms with Crippen LogP contribution < -0.4 is 0 Å². The van der Waals surface area contributed by atoms with Crippen molar-refractivity contribution in [3.8, 4) is 10.6 Å². The van der Waals surface area contributed by atoms with E-state index < -0.39 is 5.97 Å². The zero-order valence-electron chi connectivity index (χ0n) is 7.04. The van der Waals surface area contributed by atoms with E-state index in [4.69, 9.17) is 5.11 Å². The summed E-state index contributed by atoms with van der Waals surface area (Å²) < 4.78 is 0. The van der Waals surface area contributed by atoms with Crippen LogP contribution in [0.2, 0.25) is 0 Å². The maximum absolute atomic E-state index is 10.6. The van der Waals surface area contributed by atoms with Gasteiger partial charge < -0.3 is 5.11 Å². The van der Waals surface area contributed by atoms with Crippen LogP contribution in [0.15, 0.2) is 29.8 Å². The Morgan fingerprint density at radius 1 is 1.29 bits per heavy atom. The number of aromatic carboxylic acids is 1. The van der Waals surface area contributed by atoms with Crippen molar-refractivity contribution in [2.24, 2.45) is 0 Å². The number of aromatic nitrogens is 2. The summed E-state index contributed by atoms with van der Waals surface area (Å²) in [6.07, 6.45) is 0. The highest BCUT2D eigenvalue weighted by atomic mass is 32.1. The molecule has 1 N–H and O–H groups in total. The fraction of sp³-hybridized carbons (Fsp3) is 0. The van der Waals surface area contributed by atoms with Gasteiger partial charge in [0.25, 0.3) is 0 Å². The van der Waals surface area contributed by atoms with Crippen LogP contribution in [0, 0.1) is 0 Å². The molecular formula is C9H6N2O2S. The standard InChI is InChI=1S/C9H6N2O2S/c12-9(13)7-3-1-6(2-4-7)8-11-10-5-14-8/h1-5H,(H,12,13). The van der Waals surface area contributed by atoms with Gasteiger partial charge in [0.15, 0.2) is 0 Å². The Labute approximate surface area is 83.9 Å². The average molecular weight is 206 g/mol. The normalized spacial score (nSPS) is 10.0. The van der Waals surface area contributed by atoms with Gasteiger partial charge in [-0.15, -0.1) is 10.2 Å². The first-order chi connectivity index (χ1) is 6.77. The second-order valence-corrected chi connectivity index (χ2v) is 3.46. The van der Waals surface area contributed by atoms with Crippen LogP contribution in [0.3, 0.4) is 0 Å². The number of nitrogens with zero attached hydrogens (tertiary/aromatic N) is 2. The minimum absolute atomic E-state index is 0.276. The fourth-order valence-electron chi connectivity index (χ4n) is 1.05. The maximum Gasteiger partial charge on any atom is 0.335 e. The van der Waals surface area contributed by atoms with E-state index in [2.05, 4.69) is 10.2 Å². The van der Waals surface area contributed by atoms with Crippen molar-refractivity contribution < 1.29 is 9.90 Å². The van der Waals surface area contributed by atoms with Crippen molar-refractivity contribution in [1.29, 1.82) is 0 Å². The highest BCUT2D eigenvalue weighted by Gasteiger charge is 2.04. The molecule has 0 fully saturated rings. The number of carboxylic acids is 1. The van der Waals surface area contributed by atoms with Crippen LogP contribution in [0.4, 0.5) is 0 Å². The largest absolute Gasteiger partial charge is 0.478 e. The summed E-state index contributed by atoms with van der Waals surface area (Å²) in [7, 11) is 0. The average Bonchev–Trinajstić information content (AvgIpc) is 2.71. The molecule has 14 heavy (non-hydrogen) atoms. The van der Waals surface area contributed by atoms with Gasteiger partial charge in [0, 0.05) is 5.56 Å². The lowest BCUT2D eigenvalue weighted by molar-refractivity contribution is 0.0697. The van der Waals surface area contributed by atoms with Crippen LogP contribution in [-0.2, 0) is 0 Å². The quantitative estimate of drug-likeness (QED) is 0.815. The zero-order valence-corrected chi connectivity index (χ0v) is 7.86. The second kappa shape index (κ2) is 3.55. The molecule has 70 valence electrons. The molecule has 2 aromatic rings. The summed E-state index contributed by atoms with van der Waals surface area (Å²) >= 11 is 1.42. The molecule has 0 atom stereocenters. The van der Waals surface area contributed by atoms with Crippen LogP contribution in [-0.4, -0.2) is 21.3 Å². The highest BCUT2D eigenvalue weighted by molar-refractivity contribution is 7.12. The molecule has 1 aromatic carbocycles. The molecule has 0 spiro atoms. The lowest BCUT2D eigenvalue weighted by Gasteiger charge is -1.96. The smallest absolute Gasteiger partial charge is 0.335 e. The summed E-state index contributed by atoms with van der Waals surface area (Å²) in [6, 6.07) is 6.56. The molecule has 1 heterocycles. The van der Waals surface area contributed by atoms with Crippen LogP contribution in [0.1, 0.15) is 10.4 Å². The molecule has 0 saturated carbocycles. The minimum Gasteiger partial charge on any atom is -0.478 e. The minimum atomic E-state index is -0.922. The molecular weight excluding hydrogens is 200 g/mol. The van der Waals surface area contributed by atoms with E-state index in [1.54, 1.807) is 29.8 Å². The first kappa shape index (κ1) is 8.83. The Kier molecular flexibility index (Phi) is 2.24. The van der Waals surface area contributed by atoms with E-state index in [0.717, 1.165) is 10.6 Å². The molecule has 5 heteroatoms. The molecule has 0 bridgehead atoms. The molecule has 0 amide bonds. The van der Waals surface area contributed by atoms with E-state index in [1.807, 2.05) is 0 Å². The van der Waals surface area contributed by atoms with Gasteiger partial charge in [-0.25, -0.2) is 4.79 Å². The van der Waals surface area contributed by atoms with Crippen molar-refractivity contribution >= 4 is 17.3 Å². The lowest BCUT2D eigenvalue weighted by atomic mass is 10.1. The van der Waals surface area contributed by atoms with E-state index in [9.17, 15) is 4.79 Å². The predicted molar refractivity (Wildman–Crippen MR) is 52.3 cm³/mol. The predicted octanol–water partition coefficient (Wildman–Crippen LogP) is 1.90. The van der Waals surface area contributed by atoms with Gasteiger partial charge >= 0.3 is 5.97 Å². The van der Waals surface area contributed by atoms with Gasteiger partial charge in [0.2, 0.25) is 0 Å². The highest BCUT2D eigenvalue weighted by Crippen LogP contribution is 2.20. The third-order valence-electron chi connectivity index (χ3n) is 1.74. The number of hydrogen-bond donors (Lipinski definition) is 1. The molecule has 0 aliphatic carbocycles. The van der Waals surface area contributed by atoms with E-state index >= 15 is 0 Å². The summed E-state index contributed by atoms with van der Waals surface area (Å²) in [5.41, 5.74) is 2.80. The Bertz CT molecular complexity index is 436. The van der Waals surface area contributed by atoms with Gasteiger partial charge in [-0.3, -0.25) is 0 Å². The monoisotopic (exact) mass is 206 g/mol. The molecule has 0 radical (unpaired) electrons. The topological polar surface area (TPSA) is 63.1 Å². The van der Waals surface area contributed by atoms with Crippen molar-refractivity contribution in [2.75, 3.05) is 0 Å². The number of benzene rings is 1. The van der Waals surface area contributed by atoms with Gasteiger partial charge in [-0.05, 0) is 12.1 Å². The summed E-state index contributed by atoms with van der Waals surface area (Å²) in [5.74, 6) is -0.922. The van der Waals surface area contributed by atoms with Gasteiger partial charge in [0.05, 0.1) is 5.56 Å². The van der Waals surface area contributed by atoms with Crippen molar-refractivity contribution in [1.82, 2.24) is 10.2 Å². The molecule has 1 aromatic heterocycles. The Balaban J connectivity index is 2.36. The van der Waals surface area contributed by atoms with Crippen molar-refractivity contribution in [2.45, 2.75) is 0 Å². The van der Waals surface area contributed by atoms with Gasteiger partial charge in [-0.1, -0.05) is 23.5 Å². The number of rotatable bonds is 2. The fourth-order valence-corrected chi connectivity index (χ4v) is 1.61. The molecule has 0 aliphatic rings. The molecule has 4 nitrogen and oxygen atoms in total. The zero-order chi connectivity index (χ0) is 9.97. The van der Waals surface area contributed by atoms with Gasteiger partial charge in [-0.2, -0.15) is 0 Å². The van der Waals surface area contributed by atoms with Crippen molar-refractivity contribution in [3.63, 3.8) is 0 Å². The maximum atomic E-state index is 10.6. The van der Waals surface area contributed by atoms with E-state index in [1.165, 1.54) is 11.3 Å². The Morgan fingerprint density at radius 2 is 2.00 bits per heavy atom. The molecule has 0 aliphatic heterocycles. The molecule has 0 saturated heterocycles. The first-order valence-electron chi connectivity index (χ1n) is 3.87. The SMILES string of the molecule is O=C(O)c1ccc(-c2nncs2)cc1. The first-order valence-corrected chi connectivity index (χ1v) is 4.75.